The number of para-hydroxylation sites is 2. The van der Waals surface area contributed by atoms with Gasteiger partial charge in [0.05, 0.1) is 10.7 Å². The first-order valence-electron chi connectivity index (χ1n) is 8.47. The Hall–Kier alpha value is -3.91. The molecule has 0 amide bonds. The maximum absolute atomic E-state index is 6.00. The zero-order valence-electron chi connectivity index (χ0n) is 15.4. The third-order valence-corrected chi connectivity index (χ3v) is 3.69. The van der Waals surface area contributed by atoms with Crippen LogP contribution >= 0.6 is 0 Å². The van der Waals surface area contributed by atoms with Crippen LogP contribution in [-0.2, 0) is 0 Å². The van der Waals surface area contributed by atoms with Crippen molar-refractivity contribution in [1.82, 2.24) is 15.0 Å². The lowest BCUT2D eigenvalue weighted by Gasteiger charge is -1.98. The third kappa shape index (κ3) is 5.53. The van der Waals surface area contributed by atoms with Crippen molar-refractivity contribution < 1.29 is 17.2 Å². The van der Waals surface area contributed by atoms with Crippen LogP contribution in [0.3, 0.4) is 0 Å². The first kappa shape index (κ1) is 21.4. The van der Waals surface area contributed by atoms with Crippen LogP contribution in [0.5, 0.6) is 0 Å². The fourth-order valence-electron chi connectivity index (χ4n) is 2.48. The topological polar surface area (TPSA) is 109 Å². The highest BCUT2D eigenvalue weighted by molar-refractivity contribution is 5.53. The summed E-state index contributed by atoms with van der Waals surface area (Å²) in [5, 5.41) is 15.0. The van der Waals surface area contributed by atoms with E-state index in [0.29, 0.717) is 5.82 Å². The molecular weight excluding hydrogens is 388 g/mol. The van der Waals surface area contributed by atoms with Gasteiger partial charge in [-0.05, 0) is 46.3 Å². The lowest BCUT2D eigenvalue weighted by atomic mass is 10.2. The molecule has 1 heterocycles. The molecule has 0 saturated carbocycles. The smallest absolute Gasteiger partial charge is 0.340 e. The fourth-order valence-corrected chi connectivity index (χ4v) is 2.48. The monoisotopic (exact) mass is 406 g/mol. The molecule has 0 aliphatic rings. The van der Waals surface area contributed by atoms with E-state index in [2.05, 4.69) is 16.1 Å². The summed E-state index contributed by atoms with van der Waals surface area (Å²) >= 11 is 0. The van der Waals surface area contributed by atoms with Crippen molar-refractivity contribution in [2.75, 3.05) is 0 Å². The van der Waals surface area contributed by atoms with Crippen molar-refractivity contribution >= 4 is 6.34 Å². The van der Waals surface area contributed by atoms with E-state index in [-0.39, 0.29) is 12.4 Å². The van der Waals surface area contributed by atoms with E-state index in [0.717, 1.165) is 23.3 Å². The highest BCUT2D eigenvalue weighted by Crippen LogP contribution is 2.14. The van der Waals surface area contributed by atoms with Gasteiger partial charge in [0.15, 0.2) is 12.0 Å². The second kappa shape index (κ2) is 11.1. The van der Waals surface area contributed by atoms with Crippen molar-refractivity contribution in [3.05, 3.63) is 91.0 Å². The van der Waals surface area contributed by atoms with Gasteiger partial charge >= 0.3 is 5.82 Å². The molecule has 4 aromatic rings. The van der Waals surface area contributed by atoms with E-state index in [1.54, 1.807) is 0 Å². The highest BCUT2D eigenvalue weighted by Gasteiger charge is 2.22. The number of hydrazone groups is 1. The number of tetrazole rings is 1. The van der Waals surface area contributed by atoms with Crippen LogP contribution in [0, 0.1) is 5.53 Å². The molecule has 4 rings (SSSR count). The van der Waals surface area contributed by atoms with Crippen molar-refractivity contribution in [2.45, 2.75) is 0 Å². The Morgan fingerprint density at radius 3 is 1.93 bits per heavy atom. The lowest BCUT2D eigenvalue weighted by Crippen LogP contribution is -3.00. The number of nitrogens with zero attached hydrogens (tertiary/aromatic N) is 6. The summed E-state index contributed by atoms with van der Waals surface area (Å²) < 4.78 is 0. The molecule has 0 atom stereocenters. The molecule has 3 N–H and O–H groups in total. The number of benzene rings is 3. The highest BCUT2D eigenvalue weighted by atomic mass is 35.5. The van der Waals surface area contributed by atoms with Gasteiger partial charge in [-0.25, -0.2) is 5.53 Å². The minimum absolute atomic E-state index is 0. The number of hydrogen-bond donors (Lipinski definition) is 2. The Kier molecular flexibility index (Phi) is 8.15. The Morgan fingerprint density at radius 1 is 0.862 bits per heavy atom. The van der Waals surface area contributed by atoms with Crippen molar-refractivity contribution in [2.24, 2.45) is 16.1 Å². The van der Waals surface area contributed by atoms with Gasteiger partial charge in [0.2, 0.25) is 0 Å². The zero-order valence-corrected chi connectivity index (χ0v) is 16.1. The summed E-state index contributed by atoms with van der Waals surface area (Å²) in [6.45, 7) is 0. The number of nitrogens with two attached hydrogens (primary N) is 1. The molecular formula is C20H19ClN8. The van der Waals surface area contributed by atoms with Crippen LogP contribution in [0.4, 0.5) is 0 Å². The first-order chi connectivity index (χ1) is 13.8. The summed E-state index contributed by atoms with van der Waals surface area (Å²) in [6, 6.07) is 30.0. The van der Waals surface area contributed by atoms with Gasteiger partial charge in [-0.1, -0.05) is 54.6 Å². The van der Waals surface area contributed by atoms with E-state index >= 15 is 0 Å². The zero-order chi connectivity index (χ0) is 19.6. The quantitative estimate of drug-likeness (QED) is 0.125. The lowest BCUT2D eigenvalue weighted by molar-refractivity contribution is -0.734. The summed E-state index contributed by atoms with van der Waals surface area (Å²) in [4.78, 5) is 3.63. The van der Waals surface area contributed by atoms with Gasteiger partial charge in [-0.3, -0.25) is 0 Å². The first-order valence-corrected chi connectivity index (χ1v) is 8.47. The van der Waals surface area contributed by atoms with E-state index in [9.17, 15) is 0 Å². The van der Waals surface area contributed by atoms with E-state index in [4.69, 9.17) is 15.7 Å². The average Bonchev–Trinajstić information content (AvgIpc) is 3.22. The Morgan fingerprint density at radius 2 is 1.41 bits per heavy atom. The van der Waals surface area contributed by atoms with Gasteiger partial charge in [0, 0.05) is 4.80 Å². The number of rotatable bonds is 4. The molecule has 0 fully saturated rings. The van der Waals surface area contributed by atoms with Crippen molar-refractivity contribution in [3.63, 3.8) is 0 Å². The molecule has 0 bridgehead atoms. The van der Waals surface area contributed by atoms with Crippen molar-refractivity contribution in [3.8, 4) is 22.8 Å². The summed E-state index contributed by atoms with van der Waals surface area (Å²) in [5.74, 6) is 5.19. The third-order valence-electron chi connectivity index (χ3n) is 3.69. The Balaban J connectivity index is 0.000000450. The van der Waals surface area contributed by atoms with Crippen LogP contribution < -0.4 is 23.0 Å². The Bertz CT molecular complexity index is 977. The predicted octanol–water partition coefficient (Wildman–Crippen LogP) is 0.134. The number of nitrogens with one attached hydrogen (secondary N) is 1. The maximum atomic E-state index is 6.00. The summed E-state index contributed by atoms with van der Waals surface area (Å²) in [7, 11) is 0. The van der Waals surface area contributed by atoms with E-state index in [1.165, 1.54) is 0 Å². The fraction of sp³-hybridized carbons (Fsp3) is 0. The minimum atomic E-state index is 0. The van der Waals surface area contributed by atoms with Crippen LogP contribution in [0.2, 0.25) is 0 Å². The molecule has 29 heavy (non-hydrogen) atoms. The molecule has 1 aromatic heterocycles. The number of halogens is 1. The van der Waals surface area contributed by atoms with Crippen LogP contribution in [0.1, 0.15) is 0 Å². The molecule has 8 nitrogen and oxygen atoms in total. The summed E-state index contributed by atoms with van der Waals surface area (Å²) in [6.07, 6.45) is 0.944. The standard InChI is InChI=1S/C19H15N4.CH4N4.ClH/c1-4-10-16(11-5-1)19-20-22(17-12-6-2-7-13-17)23(21-19)18-14-8-3-9-15-18;2-4-1-5-3;/h1-15H;1-2H,3H2;1H/q+1;;/p-1/b;4-2?,5-1+;. The molecule has 3 aromatic carbocycles. The predicted molar refractivity (Wildman–Crippen MR) is 106 cm³/mol. The molecule has 146 valence electrons. The number of aromatic nitrogens is 4. The molecule has 0 saturated heterocycles. The van der Waals surface area contributed by atoms with Crippen LogP contribution in [-0.4, -0.2) is 21.3 Å². The SMILES string of the molecule is N=N/C=N/N.[Cl-].c1ccc(-c2nn(-c3ccccc3)[n+](-c3ccccc3)n2)cc1. The largest absolute Gasteiger partial charge is 1.00 e. The molecule has 0 aliphatic carbocycles. The summed E-state index contributed by atoms with van der Waals surface area (Å²) in [5.41, 5.74) is 8.92. The second-order valence-corrected chi connectivity index (χ2v) is 5.53. The van der Waals surface area contributed by atoms with Crippen molar-refractivity contribution in [1.29, 1.82) is 5.53 Å². The van der Waals surface area contributed by atoms with Gasteiger partial charge in [-0.2, -0.15) is 5.10 Å². The van der Waals surface area contributed by atoms with Gasteiger partial charge in [0.25, 0.3) is 0 Å². The van der Waals surface area contributed by atoms with E-state index < -0.39 is 0 Å². The molecule has 0 radical (unpaired) electrons. The second-order valence-electron chi connectivity index (χ2n) is 5.53. The van der Waals surface area contributed by atoms with E-state index in [1.807, 2.05) is 101 Å². The molecule has 9 heteroatoms. The molecule has 0 aliphatic heterocycles. The normalized spacial score (nSPS) is 9.93. The minimum Gasteiger partial charge on any atom is -1.00 e. The molecule has 0 spiro atoms. The van der Waals surface area contributed by atoms with Gasteiger partial charge < -0.3 is 18.2 Å². The van der Waals surface area contributed by atoms with Crippen LogP contribution in [0.25, 0.3) is 22.8 Å². The van der Waals surface area contributed by atoms with Gasteiger partial charge in [0.1, 0.15) is 5.69 Å². The van der Waals surface area contributed by atoms with Gasteiger partial charge in [-0.15, -0.1) is 5.11 Å². The maximum Gasteiger partial charge on any atom is 0.340 e. The number of hydrogen-bond acceptors (Lipinski definition) is 5. The molecule has 0 unspecified atom stereocenters. The van der Waals surface area contributed by atoms with Crippen LogP contribution in [0.15, 0.2) is 101 Å². The average molecular weight is 407 g/mol. The Labute approximate surface area is 174 Å².